The Hall–Kier alpha value is -1.88. The molecule has 1 aliphatic heterocycles. The second-order valence-corrected chi connectivity index (χ2v) is 5.33. The van der Waals surface area contributed by atoms with Gasteiger partial charge in [-0.25, -0.2) is 0 Å². The molecule has 1 N–H and O–H groups in total. The van der Waals surface area contributed by atoms with Crippen molar-refractivity contribution >= 4 is 6.01 Å². The van der Waals surface area contributed by atoms with Gasteiger partial charge in [-0.1, -0.05) is 35.4 Å². The van der Waals surface area contributed by atoms with E-state index in [0.29, 0.717) is 17.9 Å². The van der Waals surface area contributed by atoms with Crippen molar-refractivity contribution < 1.29 is 4.42 Å². The van der Waals surface area contributed by atoms with Gasteiger partial charge in [-0.15, -0.1) is 5.10 Å². The predicted molar refractivity (Wildman–Crippen MR) is 77.4 cm³/mol. The maximum Gasteiger partial charge on any atom is 0.315 e. The second-order valence-electron chi connectivity index (χ2n) is 5.33. The van der Waals surface area contributed by atoms with Gasteiger partial charge in [-0.05, 0) is 24.9 Å². The third-order valence-electron chi connectivity index (χ3n) is 3.61. The minimum absolute atomic E-state index is 0.382. The number of nitrogens with zero attached hydrogens (tertiary/aromatic N) is 3. The Morgan fingerprint density at radius 2 is 2.15 bits per heavy atom. The van der Waals surface area contributed by atoms with E-state index < -0.39 is 0 Å². The van der Waals surface area contributed by atoms with Crippen LogP contribution in [-0.2, 0) is 6.54 Å². The number of hydrogen-bond donors (Lipinski definition) is 1. The molecule has 1 aliphatic rings. The molecule has 0 bridgehead atoms. The van der Waals surface area contributed by atoms with E-state index in [4.69, 9.17) is 4.42 Å². The third kappa shape index (κ3) is 3.36. The van der Waals surface area contributed by atoms with Crippen molar-refractivity contribution in [2.75, 3.05) is 18.4 Å². The molecule has 0 amide bonds. The molecule has 1 aromatic carbocycles. The maximum absolute atomic E-state index is 5.39. The van der Waals surface area contributed by atoms with E-state index in [1.165, 1.54) is 12.0 Å². The molecule has 2 aromatic rings. The highest BCUT2D eigenvalue weighted by Gasteiger charge is 2.21. The average molecular weight is 272 g/mol. The SMILES string of the molecule is Cc1nnc(NC2CCCN(Cc3ccccc3)C2)o1. The molecule has 1 aromatic heterocycles. The van der Waals surface area contributed by atoms with Gasteiger partial charge in [0.1, 0.15) is 0 Å². The first-order chi connectivity index (χ1) is 9.79. The van der Waals surface area contributed by atoms with E-state index in [-0.39, 0.29) is 0 Å². The molecule has 0 spiro atoms. The van der Waals surface area contributed by atoms with Crippen LogP contribution in [0.4, 0.5) is 6.01 Å². The normalized spacial score (nSPS) is 19.9. The lowest BCUT2D eigenvalue weighted by Crippen LogP contribution is -2.41. The molecule has 0 radical (unpaired) electrons. The summed E-state index contributed by atoms with van der Waals surface area (Å²) < 4.78 is 5.39. The van der Waals surface area contributed by atoms with Crippen LogP contribution in [0.15, 0.2) is 34.7 Å². The lowest BCUT2D eigenvalue weighted by Gasteiger charge is -2.32. The maximum atomic E-state index is 5.39. The molecule has 5 nitrogen and oxygen atoms in total. The fourth-order valence-corrected chi connectivity index (χ4v) is 2.69. The van der Waals surface area contributed by atoms with E-state index in [1.54, 1.807) is 6.92 Å². The van der Waals surface area contributed by atoms with Gasteiger partial charge in [0.2, 0.25) is 5.89 Å². The number of rotatable bonds is 4. The van der Waals surface area contributed by atoms with E-state index in [9.17, 15) is 0 Å². The van der Waals surface area contributed by atoms with Gasteiger partial charge in [0.15, 0.2) is 0 Å². The van der Waals surface area contributed by atoms with Crippen molar-refractivity contribution in [3.8, 4) is 0 Å². The number of aryl methyl sites for hydroxylation is 1. The average Bonchev–Trinajstić information content (AvgIpc) is 2.86. The van der Waals surface area contributed by atoms with E-state index in [0.717, 1.165) is 26.1 Å². The number of benzene rings is 1. The third-order valence-corrected chi connectivity index (χ3v) is 3.61. The van der Waals surface area contributed by atoms with Crippen molar-refractivity contribution in [2.45, 2.75) is 32.4 Å². The Kier molecular flexibility index (Phi) is 3.97. The van der Waals surface area contributed by atoms with Gasteiger partial charge < -0.3 is 9.73 Å². The lowest BCUT2D eigenvalue weighted by molar-refractivity contribution is 0.207. The zero-order valence-corrected chi connectivity index (χ0v) is 11.7. The zero-order valence-electron chi connectivity index (χ0n) is 11.7. The Balaban J connectivity index is 1.56. The Bertz CT molecular complexity index is 540. The highest BCUT2D eigenvalue weighted by atomic mass is 16.4. The minimum Gasteiger partial charge on any atom is -0.408 e. The summed E-state index contributed by atoms with van der Waals surface area (Å²) in [6, 6.07) is 11.5. The number of anilines is 1. The van der Waals surface area contributed by atoms with Crippen LogP contribution in [0.3, 0.4) is 0 Å². The van der Waals surface area contributed by atoms with Crippen molar-refractivity contribution in [3.05, 3.63) is 41.8 Å². The van der Waals surface area contributed by atoms with Crippen LogP contribution in [0.5, 0.6) is 0 Å². The van der Waals surface area contributed by atoms with Crippen molar-refractivity contribution in [3.63, 3.8) is 0 Å². The van der Waals surface area contributed by atoms with Crippen molar-refractivity contribution in [1.82, 2.24) is 15.1 Å². The summed E-state index contributed by atoms with van der Waals surface area (Å²) in [4.78, 5) is 2.47. The van der Waals surface area contributed by atoms with Crippen molar-refractivity contribution in [1.29, 1.82) is 0 Å². The highest BCUT2D eigenvalue weighted by molar-refractivity contribution is 5.20. The fourth-order valence-electron chi connectivity index (χ4n) is 2.69. The lowest BCUT2D eigenvalue weighted by atomic mass is 10.0. The quantitative estimate of drug-likeness (QED) is 0.926. The summed E-state index contributed by atoms with van der Waals surface area (Å²) in [5.41, 5.74) is 1.36. The summed E-state index contributed by atoms with van der Waals surface area (Å²) in [6.07, 6.45) is 2.34. The molecule has 1 saturated heterocycles. The van der Waals surface area contributed by atoms with Gasteiger partial charge in [0.25, 0.3) is 0 Å². The van der Waals surface area contributed by atoms with E-state index >= 15 is 0 Å². The summed E-state index contributed by atoms with van der Waals surface area (Å²) >= 11 is 0. The fraction of sp³-hybridized carbons (Fsp3) is 0.467. The van der Waals surface area contributed by atoms with Gasteiger partial charge >= 0.3 is 6.01 Å². The molecule has 1 atom stereocenters. The first kappa shape index (κ1) is 13.1. The van der Waals surface area contributed by atoms with Gasteiger partial charge in [0.05, 0.1) is 0 Å². The molecule has 2 heterocycles. The standard InChI is InChI=1S/C15H20N4O/c1-12-17-18-15(20-12)16-14-8-5-9-19(11-14)10-13-6-3-2-4-7-13/h2-4,6-7,14H,5,8-11H2,1H3,(H,16,18). The monoisotopic (exact) mass is 272 g/mol. The highest BCUT2D eigenvalue weighted by Crippen LogP contribution is 2.17. The molecule has 20 heavy (non-hydrogen) atoms. The second kappa shape index (κ2) is 6.05. The number of aromatic nitrogens is 2. The van der Waals surface area contributed by atoms with Crippen LogP contribution in [-0.4, -0.2) is 34.2 Å². The van der Waals surface area contributed by atoms with E-state index in [2.05, 4.69) is 50.7 Å². The van der Waals surface area contributed by atoms with E-state index in [1.807, 2.05) is 0 Å². The molecular weight excluding hydrogens is 252 g/mol. The molecule has 0 aliphatic carbocycles. The number of hydrogen-bond acceptors (Lipinski definition) is 5. The summed E-state index contributed by atoms with van der Waals surface area (Å²) in [7, 11) is 0. The topological polar surface area (TPSA) is 54.2 Å². The molecule has 0 saturated carbocycles. The van der Waals surface area contributed by atoms with Crippen LogP contribution >= 0.6 is 0 Å². The van der Waals surface area contributed by atoms with Crippen LogP contribution in [0, 0.1) is 6.92 Å². The summed E-state index contributed by atoms with van der Waals surface area (Å²) in [5, 5.41) is 11.2. The Labute approximate surface area is 119 Å². The zero-order chi connectivity index (χ0) is 13.8. The Morgan fingerprint density at radius 1 is 1.30 bits per heavy atom. The van der Waals surface area contributed by atoms with Crippen LogP contribution in [0.2, 0.25) is 0 Å². The molecule has 1 fully saturated rings. The number of likely N-dealkylation sites (tertiary alicyclic amines) is 1. The summed E-state index contributed by atoms with van der Waals surface area (Å²) in [5.74, 6) is 0.601. The van der Waals surface area contributed by atoms with Crippen LogP contribution in [0.25, 0.3) is 0 Å². The van der Waals surface area contributed by atoms with Crippen LogP contribution in [0.1, 0.15) is 24.3 Å². The number of nitrogens with one attached hydrogen (secondary N) is 1. The van der Waals surface area contributed by atoms with Gasteiger partial charge in [-0.3, -0.25) is 4.90 Å². The molecular formula is C15H20N4O. The molecule has 1 unspecified atom stereocenters. The summed E-state index contributed by atoms with van der Waals surface area (Å²) in [6.45, 7) is 4.97. The molecule has 106 valence electrons. The number of piperidine rings is 1. The van der Waals surface area contributed by atoms with Crippen LogP contribution < -0.4 is 5.32 Å². The first-order valence-corrected chi connectivity index (χ1v) is 7.12. The Morgan fingerprint density at radius 3 is 2.90 bits per heavy atom. The van der Waals surface area contributed by atoms with Gasteiger partial charge in [0, 0.05) is 26.1 Å². The van der Waals surface area contributed by atoms with Crippen molar-refractivity contribution in [2.24, 2.45) is 0 Å². The smallest absolute Gasteiger partial charge is 0.315 e. The molecule has 3 rings (SSSR count). The first-order valence-electron chi connectivity index (χ1n) is 7.12. The van der Waals surface area contributed by atoms with Gasteiger partial charge in [-0.2, -0.15) is 0 Å². The largest absolute Gasteiger partial charge is 0.408 e. The molecule has 5 heteroatoms. The predicted octanol–water partition coefficient (Wildman–Crippen LogP) is 2.45. The minimum atomic E-state index is 0.382.